The maximum atomic E-state index is 10.5. The van der Waals surface area contributed by atoms with Crippen LogP contribution in [-0.2, 0) is 17.6 Å². The molecule has 2 N–H and O–H groups in total. The monoisotopic (exact) mass is 233 g/mol. The van der Waals surface area contributed by atoms with Gasteiger partial charge in [-0.25, -0.2) is 4.98 Å². The van der Waals surface area contributed by atoms with Crippen molar-refractivity contribution in [2.75, 3.05) is 0 Å². The molecular formula is C12H11NO4. The molecule has 0 atom stereocenters. The van der Waals surface area contributed by atoms with Gasteiger partial charge in [0.05, 0.1) is 12.6 Å². The molecule has 5 nitrogen and oxygen atoms in total. The van der Waals surface area contributed by atoms with E-state index in [0.29, 0.717) is 23.6 Å². The maximum absolute atomic E-state index is 10.5. The van der Waals surface area contributed by atoms with Crippen LogP contribution >= 0.6 is 0 Å². The molecule has 0 saturated carbocycles. The van der Waals surface area contributed by atoms with Crippen molar-refractivity contribution in [3.63, 3.8) is 0 Å². The summed E-state index contributed by atoms with van der Waals surface area (Å²) in [7, 11) is 0. The first-order chi connectivity index (χ1) is 8.15. The summed E-state index contributed by atoms with van der Waals surface area (Å²) in [6.45, 7) is 0. The molecule has 0 radical (unpaired) electrons. The number of rotatable bonds is 4. The van der Waals surface area contributed by atoms with E-state index in [9.17, 15) is 9.90 Å². The molecule has 0 fully saturated rings. The number of phenolic OH excluding ortho intramolecular Hbond substituents is 1. The lowest BCUT2D eigenvalue weighted by Crippen LogP contribution is -1.98. The van der Waals surface area contributed by atoms with Crippen LogP contribution in [0.25, 0.3) is 0 Å². The van der Waals surface area contributed by atoms with E-state index in [1.54, 1.807) is 24.3 Å². The van der Waals surface area contributed by atoms with Crippen molar-refractivity contribution in [2.24, 2.45) is 0 Å². The summed E-state index contributed by atoms with van der Waals surface area (Å²) in [5.74, 6) is -0.0913. The van der Waals surface area contributed by atoms with E-state index >= 15 is 0 Å². The van der Waals surface area contributed by atoms with Crippen molar-refractivity contribution in [3.8, 4) is 5.75 Å². The van der Waals surface area contributed by atoms with Crippen LogP contribution in [0.2, 0.25) is 0 Å². The van der Waals surface area contributed by atoms with Crippen LogP contribution < -0.4 is 0 Å². The van der Waals surface area contributed by atoms with Crippen LogP contribution in [0.5, 0.6) is 5.75 Å². The average molecular weight is 233 g/mol. The molecule has 0 unspecified atom stereocenters. The highest BCUT2D eigenvalue weighted by atomic mass is 16.4. The second-order valence-electron chi connectivity index (χ2n) is 3.60. The molecule has 1 heterocycles. The molecule has 2 rings (SSSR count). The fraction of sp³-hybridized carbons (Fsp3) is 0.167. The third-order valence-corrected chi connectivity index (χ3v) is 2.26. The summed E-state index contributed by atoms with van der Waals surface area (Å²) in [5.41, 5.74) is 0.691. The van der Waals surface area contributed by atoms with Crippen LogP contribution in [-0.4, -0.2) is 21.2 Å². The first-order valence-electron chi connectivity index (χ1n) is 5.07. The number of carboxylic acids is 1. The Hall–Kier alpha value is -2.30. The van der Waals surface area contributed by atoms with E-state index < -0.39 is 5.97 Å². The standard InChI is InChI=1S/C12H11NO4/c14-10-4-2-1-3-8(10)5-11-13-7-9(17-11)6-12(15)16/h1-4,7,14H,5-6H2,(H,15,16). The van der Waals surface area contributed by atoms with E-state index in [-0.39, 0.29) is 12.2 Å². The van der Waals surface area contributed by atoms with Crippen molar-refractivity contribution >= 4 is 5.97 Å². The van der Waals surface area contributed by atoms with Crippen LogP contribution in [0.15, 0.2) is 34.9 Å². The van der Waals surface area contributed by atoms with Gasteiger partial charge in [-0.2, -0.15) is 0 Å². The Labute approximate surface area is 97.3 Å². The Kier molecular flexibility index (Phi) is 3.09. The first-order valence-corrected chi connectivity index (χ1v) is 5.07. The first kappa shape index (κ1) is 11.2. The van der Waals surface area contributed by atoms with E-state index in [0.717, 1.165) is 0 Å². The topological polar surface area (TPSA) is 83.6 Å². The van der Waals surface area contributed by atoms with Gasteiger partial charge in [-0.1, -0.05) is 18.2 Å². The number of aromatic hydroxyl groups is 1. The lowest BCUT2D eigenvalue weighted by molar-refractivity contribution is -0.136. The smallest absolute Gasteiger partial charge is 0.311 e. The van der Waals surface area contributed by atoms with Gasteiger partial charge in [-0.3, -0.25) is 4.79 Å². The largest absolute Gasteiger partial charge is 0.508 e. The summed E-state index contributed by atoms with van der Waals surface area (Å²) in [6.07, 6.45) is 1.55. The van der Waals surface area contributed by atoms with Crippen molar-refractivity contribution in [1.82, 2.24) is 4.98 Å². The Morgan fingerprint density at radius 3 is 2.82 bits per heavy atom. The van der Waals surface area contributed by atoms with Crippen molar-refractivity contribution < 1.29 is 19.4 Å². The fourth-order valence-electron chi connectivity index (χ4n) is 1.48. The molecule has 0 aliphatic heterocycles. The quantitative estimate of drug-likeness (QED) is 0.837. The molecule has 0 amide bonds. The molecule has 0 saturated heterocycles. The second-order valence-corrected chi connectivity index (χ2v) is 3.60. The number of phenols is 1. The van der Waals surface area contributed by atoms with Crippen molar-refractivity contribution in [1.29, 1.82) is 0 Å². The van der Waals surface area contributed by atoms with E-state index in [1.165, 1.54) is 6.20 Å². The molecule has 17 heavy (non-hydrogen) atoms. The zero-order valence-corrected chi connectivity index (χ0v) is 8.96. The number of aliphatic carboxylic acids is 1. The minimum atomic E-state index is -0.963. The summed E-state index contributed by atoms with van der Waals surface area (Å²) >= 11 is 0. The lowest BCUT2D eigenvalue weighted by atomic mass is 10.1. The minimum Gasteiger partial charge on any atom is -0.508 e. The number of hydrogen-bond donors (Lipinski definition) is 2. The number of para-hydroxylation sites is 1. The van der Waals surface area contributed by atoms with Crippen molar-refractivity contribution in [2.45, 2.75) is 12.8 Å². The van der Waals surface area contributed by atoms with Gasteiger partial charge in [0.2, 0.25) is 0 Å². The normalized spacial score (nSPS) is 10.4. The van der Waals surface area contributed by atoms with Crippen molar-refractivity contribution in [3.05, 3.63) is 47.7 Å². The molecule has 0 aliphatic carbocycles. The molecule has 0 aliphatic rings. The van der Waals surface area contributed by atoms with E-state index in [1.807, 2.05) is 0 Å². The fourth-order valence-corrected chi connectivity index (χ4v) is 1.48. The Morgan fingerprint density at radius 1 is 1.35 bits per heavy atom. The summed E-state index contributed by atoms with van der Waals surface area (Å²) in [5, 5.41) is 18.1. The molecule has 5 heteroatoms. The number of benzene rings is 1. The van der Waals surface area contributed by atoms with Crippen LogP contribution in [0.1, 0.15) is 17.2 Å². The van der Waals surface area contributed by atoms with Gasteiger partial charge in [-0.05, 0) is 6.07 Å². The minimum absolute atomic E-state index is 0.172. The van der Waals surface area contributed by atoms with Crippen LogP contribution in [0.3, 0.4) is 0 Å². The molecule has 0 spiro atoms. The van der Waals surface area contributed by atoms with Gasteiger partial charge in [0.15, 0.2) is 5.89 Å². The van der Waals surface area contributed by atoms with E-state index in [2.05, 4.69) is 4.98 Å². The van der Waals surface area contributed by atoms with Gasteiger partial charge < -0.3 is 14.6 Å². The van der Waals surface area contributed by atoms with Crippen LogP contribution in [0, 0.1) is 0 Å². The predicted octanol–water partition coefficient (Wildman–Crippen LogP) is 1.60. The van der Waals surface area contributed by atoms with Gasteiger partial charge in [0.1, 0.15) is 17.9 Å². The predicted molar refractivity (Wildman–Crippen MR) is 58.8 cm³/mol. The number of oxazole rings is 1. The Morgan fingerprint density at radius 2 is 2.12 bits per heavy atom. The third kappa shape index (κ3) is 2.84. The summed E-state index contributed by atoms with van der Waals surface area (Å²) < 4.78 is 5.25. The van der Waals surface area contributed by atoms with Gasteiger partial charge in [-0.15, -0.1) is 0 Å². The summed E-state index contributed by atoms with van der Waals surface area (Å²) in [4.78, 5) is 14.4. The number of carbonyl (C=O) groups is 1. The lowest BCUT2D eigenvalue weighted by Gasteiger charge is -2.00. The van der Waals surface area contributed by atoms with Gasteiger partial charge in [0, 0.05) is 5.56 Å². The molecule has 1 aromatic heterocycles. The Bertz CT molecular complexity index is 533. The highest BCUT2D eigenvalue weighted by Gasteiger charge is 2.09. The molecule has 0 bridgehead atoms. The number of carboxylic acid groups (broad SMARTS) is 1. The van der Waals surface area contributed by atoms with Gasteiger partial charge in [0.25, 0.3) is 0 Å². The highest BCUT2D eigenvalue weighted by molar-refractivity contribution is 5.69. The summed E-state index contributed by atoms with van der Waals surface area (Å²) in [6, 6.07) is 6.87. The van der Waals surface area contributed by atoms with Gasteiger partial charge >= 0.3 is 5.97 Å². The SMILES string of the molecule is O=C(O)Cc1cnc(Cc2ccccc2O)o1. The highest BCUT2D eigenvalue weighted by Crippen LogP contribution is 2.19. The zero-order valence-electron chi connectivity index (χ0n) is 8.96. The number of nitrogens with zero attached hydrogens (tertiary/aromatic N) is 1. The third-order valence-electron chi connectivity index (χ3n) is 2.26. The number of hydrogen-bond acceptors (Lipinski definition) is 4. The van der Waals surface area contributed by atoms with Crippen LogP contribution in [0.4, 0.5) is 0 Å². The second kappa shape index (κ2) is 4.69. The number of aromatic nitrogens is 1. The molecular weight excluding hydrogens is 222 g/mol. The zero-order chi connectivity index (χ0) is 12.3. The molecule has 2 aromatic rings. The van der Waals surface area contributed by atoms with E-state index in [4.69, 9.17) is 9.52 Å². The Balaban J connectivity index is 2.12. The molecule has 88 valence electrons. The maximum Gasteiger partial charge on any atom is 0.311 e. The average Bonchev–Trinajstić information content (AvgIpc) is 2.68. The molecule has 1 aromatic carbocycles.